The van der Waals surface area contributed by atoms with Crippen LogP contribution in [0.4, 0.5) is 0 Å². The van der Waals surface area contributed by atoms with Crippen LogP contribution in [0.1, 0.15) is 19.8 Å². The summed E-state index contributed by atoms with van der Waals surface area (Å²) in [6.07, 6.45) is 4.26. The fraction of sp³-hybridized carbons (Fsp3) is 0.500. The van der Waals surface area contributed by atoms with Crippen molar-refractivity contribution in [1.29, 1.82) is 0 Å². The maximum absolute atomic E-state index is 10.3. The molecule has 0 aromatic rings. The number of esters is 2. The molecule has 0 heterocycles. The molecule has 4 nitrogen and oxygen atoms in total. The van der Waals surface area contributed by atoms with Crippen LogP contribution in [0.15, 0.2) is 25.3 Å². The SMILES string of the molecule is C=CC(=O)OCCCC.C=CC(=O)OCCCl. The van der Waals surface area contributed by atoms with E-state index in [0.29, 0.717) is 12.5 Å². The van der Waals surface area contributed by atoms with E-state index in [1.807, 2.05) is 6.92 Å². The lowest BCUT2D eigenvalue weighted by Crippen LogP contribution is -2.01. The van der Waals surface area contributed by atoms with Crippen molar-refractivity contribution in [1.82, 2.24) is 0 Å². The first kappa shape index (κ1) is 18.1. The van der Waals surface area contributed by atoms with E-state index in [4.69, 9.17) is 11.6 Å². The predicted molar refractivity (Wildman–Crippen MR) is 67.9 cm³/mol. The number of hydrogen-bond donors (Lipinski definition) is 0. The molecule has 0 fully saturated rings. The summed E-state index contributed by atoms with van der Waals surface area (Å²) in [5, 5.41) is 0. The molecule has 0 radical (unpaired) electrons. The molecule has 5 heteroatoms. The molecule has 0 saturated heterocycles. The van der Waals surface area contributed by atoms with Gasteiger partial charge in [-0.25, -0.2) is 9.59 Å². The van der Waals surface area contributed by atoms with Gasteiger partial charge in [-0.3, -0.25) is 0 Å². The number of halogens is 1. The smallest absolute Gasteiger partial charge is 0.330 e. The molecule has 0 aliphatic rings. The average molecular weight is 263 g/mol. The number of carbonyl (C=O) groups excluding carboxylic acids is 2. The largest absolute Gasteiger partial charge is 0.463 e. The lowest BCUT2D eigenvalue weighted by molar-refractivity contribution is -0.138. The van der Waals surface area contributed by atoms with Crippen molar-refractivity contribution >= 4 is 23.5 Å². The lowest BCUT2D eigenvalue weighted by atomic mass is 10.4. The van der Waals surface area contributed by atoms with Gasteiger partial charge in [0.2, 0.25) is 0 Å². The molecule has 0 N–H and O–H groups in total. The molecule has 0 bridgehead atoms. The molecule has 0 aromatic carbocycles. The molecular weight excluding hydrogens is 244 g/mol. The fourth-order valence-electron chi connectivity index (χ4n) is 0.574. The first-order valence-corrected chi connectivity index (χ1v) is 5.80. The Labute approximate surface area is 107 Å². The second-order valence-electron chi connectivity index (χ2n) is 2.79. The highest BCUT2D eigenvalue weighted by Crippen LogP contribution is 1.88. The third kappa shape index (κ3) is 17.3. The van der Waals surface area contributed by atoms with E-state index in [2.05, 4.69) is 22.6 Å². The molecular formula is C12H19ClO4. The Kier molecular flexibility index (Phi) is 15.6. The van der Waals surface area contributed by atoms with Crippen LogP contribution in [0.25, 0.3) is 0 Å². The Morgan fingerprint density at radius 1 is 1.12 bits per heavy atom. The first-order valence-electron chi connectivity index (χ1n) is 5.26. The molecule has 0 atom stereocenters. The quantitative estimate of drug-likeness (QED) is 0.306. The summed E-state index contributed by atoms with van der Waals surface area (Å²) >= 11 is 5.19. The molecule has 98 valence electrons. The van der Waals surface area contributed by atoms with Crippen LogP contribution in [-0.4, -0.2) is 31.0 Å². The standard InChI is InChI=1S/C7H12O2.C5H7ClO2/c1-3-5-6-9-7(8)4-2;1-2-5(7)8-4-3-6/h4H,2-3,5-6H2,1H3;2H,1,3-4H2. The predicted octanol–water partition coefficient (Wildman–Crippen LogP) is 2.47. The Hall–Kier alpha value is -1.29. The first-order chi connectivity index (χ1) is 8.12. The molecule has 0 amide bonds. The van der Waals surface area contributed by atoms with Crippen LogP contribution in [-0.2, 0) is 19.1 Å². The van der Waals surface area contributed by atoms with Crippen LogP contribution in [0, 0.1) is 0 Å². The summed E-state index contributed by atoms with van der Waals surface area (Å²) in [6.45, 7) is 9.28. The minimum atomic E-state index is -0.425. The Bertz CT molecular complexity index is 239. The highest BCUT2D eigenvalue weighted by atomic mass is 35.5. The number of rotatable bonds is 7. The summed E-state index contributed by atoms with van der Waals surface area (Å²) in [6, 6.07) is 0. The van der Waals surface area contributed by atoms with E-state index in [1.165, 1.54) is 6.08 Å². The van der Waals surface area contributed by atoms with Crippen LogP contribution in [0.2, 0.25) is 0 Å². The third-order valence-corrected chi connectivity index (χ3v) is 1.55. The highest BCUT2D eigenvalue weighted by molar-refractivity contribution is 6.18. The van der Waals surface area contributed by atoms with Gasteiger partial charge in [0.05, 0.1) is 12.5 Å². The summed E-state index contributed by atoms with van der Waals surface area (Å²) < 4.78 is 9.13. The average Bonchev–Trinajstić information content (AvgIpc) is 2.36. The van der Waals surface area contributed by atoms with Gasteiger partial charge in [-0.15, -0.1) is 11.6 Å². The fourth-order valence-corrected chi connectivity index (χ4v) is 0.651. The zero-order valence-corrected chi connectivity index (χ0v) is 10.9. The summed E-state index contributed by atoms with van der Waals surface area (Å²) in [5.41, 5.74) is 0. The Morgan fingerprint density at radius 3 is 1.94 bits per heavy atom. The summed E-state index contributed by atoms with van der Waals surface area (Å²) in [4.78, 5) is 20.5. The molecule has 0 saturated carbocycles. The van der Waals surface area contributed by atoms with Gasteiger partial charge in [0.1, 0.15) is 6.61 Å². The van der Waals surface area contributed by atoms with Crippen molar-refractivity contribution < 1.29 is 19.1 Å². The van der Waals surface area contributed by atoms with Crippen molar-refractivity contribution in [3.8, 4) is 0 Å². The third-order valence-electron chi connectivity index (χ3n) is 1.40. The van der Waals surface area contributed by atoms with Gasteiger partial charge < -0.3 is 9.47 Å². The van der Waals surface area contributed by atoms with Crippen molar-refractivity contribution in [2.45, 2.75) is 19.8 Å². The maximum Gasteiger partial charge on any atom is 0.330 e. The zero-order valence-electron chi connectivity index (χ0n) is 10.1. The maximum atomic E-state index is 10.3. The zero-order chi connectivity index (χ0) is 13.5. The van der Waals surface area contributed by atoms with E-state index in [9.17, 15) is 9.59 Å². The van der Waals surface area contributed by atoms with E-state index in [-0.39, 0.29) is 12.6 Å². The van der Waals surface area contributed by atoms with Crippen molar-refractivity contribution in [3.63, 3.8) is 0 Å². The van der Waals surface area contributed by atoms with Gasteiger partial charge >= 0.3 is 11.9 Å². The van der Waals surface area contributed by atoms with Crippen LogP contribution >= 0.6 is 11.6 Å². The molecule has 0 unspecified atom stereocenters. The van der Waals surface area contributed by atoms with Gasteiger partial charge in [0.15, 0.2) is 0 Å². The van der Waals surface area contributed by atoms with Gasteiger partial charge in [0.25, 0.3) is 0 Å². The van der Waals surface area contributed by atoms with E-state index >= 15 is 0 Å². The molecule has 0 aliphatic carbocycles. The molecule has 0 rings (SSSR count). The number of carbonyl (C=O) groups is 2. The summed E-state index contributed by atoms with van der Waals surface area (Å²) in [7, 11) is 0. The molecule has 17 heavy (non-hydrogen) atoms. The topological polar surface area (TPSA) is 52.6 Å². The number of ether oxygens (including phenoxy) is 2. The summed E-state index contributed by atoms with van der Waals surface area (Å²) in [5.74, 6) is -0.423. The van der Waals surface area contributed by atoms with Gasteiger partial charge in [-0.2, -0.15) is 0 Å². The molecule has 0 aliphatic heterocycles. The van der Waals surface area contributed by atoms with Crippen molar-refractivity contribution in [2.24, 2.45) is 0 Å². The van der Waals surface area contributed by atoms with Crippen LogP contribution < -0.4 is 0 Å². The second kappa shape index (κ2) is 14.7. The minimum Gasteiger partial charge on any atom is -0.463 e. The van der Waals surface area contributed by atoms with Crippen molar-refractivity contribution in [3.05, 3.63) is 25.3 Å². The van der Waals surface area contributed by atoms with Gasteiger partial charge in [-0.05, 0) is 6.42 Å². The normalized spacial score (nSPS) is 8.35. The van der Waals surface area contributed by atoms with Gasteiger partial charge in [0, 0.05) is 12.2 Å². The van der Waals surface area contributed by atoms with E-state index < -0.39 is 5.97 Å². The lowest BCUT2D eigenvalue weighted by Gasteiger charge is -1.97. The highest BCUT2D eigenvalue weighted by Gasteiger charge is 1.91. The number of hydrogen-bond acceptors (Lipinski definition) is 4. The minimum absolute atomic E-state index is 0.256. The van der Waals surface area contributed by atoms with Crippen LogP contribution in [0.3, 0.4) is 0 Å². The molecule has 0 aromatic heterocycles. The molecule has 0 spiro atoms. The number of alkyl halides is 1. The van der Waals surface area contributed by atoms with Crippen molar-refractivity contribution in [2.75, 3.05) is 19.1 Å². The van der Waals surface area contributed by atoms with E-state index in [1.54, 1.807) is 0 Å². The van der Waals surface area contributed by atoms with Gasteiger partial charge in [-0.1, -0.05) is 26.5 Å². The monoisotopic (exact) mass is 262 g/mol. The van der Waals surface area contributed by atoms with E-state index in [0.717, 1.165) is 18.9 Å². The van der Waals surface area contributed by atoms with Crippen LogP contribution in [0.5, 0.6) is 0 Å². The Morgan fingerprint density at radius 2 is 1.59 bits per heavy atom. The Balaban J connectivity index is 0. The second-order valence-corrected chi connectivity index (χ2v) is 3.16. The number of unbranched alkanes of at least 4 members (excludes halogenated alkanes) is 1.